The second-order valence-electron chi connectivity index (χ2n) is 5.03. The first-order valence-corrected chi connectivity index (χ1v) is 7.27. The van der Waals surface area contributed by atoms with Crippen molar-refractivity contribution in [3.8, 4) is 0 Å². The minimum atomic E-state index is 0.0283. The van der Waals surface area contributed by atoms with Gasteiger partial charge in [0.15, 0.2) is 0 Å². The molecule has 1 aromatic rings. The van der Waals surface area contributed by atoms with E-state index in [-0.39, 0.29) is 12.0 Å². The van der Waals surface area contributed by atoms with Crippen LogP contribution in [0.25, 0.3) is 0 Å². The van der Waals surface area contributed by atoms with E-state index < -0.39 is 0 Å². The van der Waals surface area contributed by atoms with E-state index in [4.69, 9.17) is 22.7 Å². The van der Waals surface area contributed by atoms with Crippen molar-refractivity contribution in [1.82, 2.24) is 0 Å². The standard InChI is InChI=1S/C15H20N2O2S/c1-17(13-8-3-2-7-12(13)15(16)20)14(18)10-11-6-4-5-9-19-11/h2-3,7-8,11H,4-6,9-10H2,1H3,(H2,16,20). The molecule has 4 nitrogen and oxygen atoms in total. The summed E-state index contributed by atoms with van der Waals surface area (Å²) in [4.78, 5) is 14.3. The van der Waals surface area contributed by atoms with Crippen molar-refractivity contribution in [2.24, 2.45) is 5.73 Å². The summed E-state index contributed by atoms with van der Waals surface area (Å²) in [6.45, 7) is 0.755. The maximum absolute atomic E-state index is 12.3. The van der Waals surface area contributed by atoms with Gasteiger partial charge in [0.05, 0.1) is 18.2 Å². The minimum absolute atomic E-state index is 0.0283. The van der Waals surface area contributed by atoms with E-state index in [0.717, 1.165) is 37.1 Å². The summed E-state index contributed by atoms with van der Waals surface area (Å²) in [5.41, 5.74) is 7.18. The van der Waals surface area contributed by atoms with Crippen molar-refractivity contribution in [3.63, 3.8) is 0 Å². The van der Waals surface area contributed by atoms with E-state index in [1.54, 1.807) is 11.9 Å². The highest BCUT2D eigenvalue weighted by atomic mass is 32.1. The summed E-state index contributed by atoms with van der Waals surface area (Å²) in [5, 5.41) is 0. The fraction of sp³-hybridized carbons (Fsp3) is 0.467. The third-order valence-corrected chi connectivity index (χ3v) is 3.80. The molecule has 0 aromatic heterocycles. The molecule has 1 heterocycles. The average Bonchev–Trinajstić information content (AvgIpc) is 2.47. The Morgan fingerprint density at radius 1 is 1.45 bits per heavy atom. The van der Waals surface area contributed by atoms with Crippen LogP contribution >= 0.6 is 12.2 Å². The Hall–Kier alpha value is -1.46. The summed E-state index contributed by atoms with van der Waals surface area (Å²) in [7, 11) is 1.75. The molecule has 2 N–H and O–H groups in total. The van der Waals surface area contributed by atoms with Crippen molar-refractivity contribution in [2.45, 2.75) is 31.8 Å². The van der Waals surface area contributed by atoms with E-state index in [1.165, 1.54) is 0 Å². The van der Waals surface area contributed by atoms with Gasteiger partial charge in [0.25, 0.3) is 0 Å². The molecule has 0 saturated carbocycles. The van der Waals surface area contributed by atoms with Crippen LogP contribution in [-0.2, 0) is 9.53 Å². The van der Waals surface area contributed by atoms with Crippen molar-refractivity contribution in [2.75, 3.05) is 18.6 Å². The van der Waals surface area contributed by atoms with Crippen molar-refractivity contribution >= 4 is 28.8 Å². The molecular weight excluding hydrogens is 272 g/mol. The monoisotopic (exact) mass is 292 g/mol. The Kier molecular flexibility index (Phi) is 5.09. The van der Waals surface area contributed by atoms with Crippen LogP contribution in [0.15, 0.2) is 24.3 Å². The average molecular weight is 292 g/mol. The first kappa shape index (κ1) is 14.9. The molecule has 1 aliphatic heterocycles. The van der Waals surface area contributed by atoms with Gasteiger partial charge in [-0.1, -0.05) is 24.4 Å². The van der Waals surface area contributed by atoms with E-state index in [2.05, 4.69) is 0 Å². The zero-order valence-corrected chi connectivity index (χ0v) is 12.5. The molecule has 1 unspecified atom stereocenters. The summed E-state index contributed by atoms with van der Waals surface area (Å²) >= 11 is 5.03. The lowest BCUT2D eigenvalue weighted by Crippen LogP contribution is -2.33. The van der Waals surface area contributed by atoms with E-state index >= 15 is 0 Å². The van der Waals surface area contributed by atoms with Gasteiger partial charge in [-0.2, -0.15) is 0 Å². The molecule has 5 heteroatoms. The number of carbonyl (C=O) groups is 1. The van der Waals surface area contributed by atoms with Crippen LogP contribution in [0.1, 0.15) is 31.2 Å². The number of hydrogen-bond donors (Lipinski definition) is 1. The van der Waals surface area contributed by atoms with Crippen LogP contribution in [0.3, 0.4) is 0 Å². The first-order chi connectivity index (χ1) is 9.59. The number of para-hydroxylation sites is 1. The zero-order chi connectivity index (χ0) is 14.5. The SMILES string of the molecule is CN(C(=O)CC1CCCCO1)c1ccccc1C(N)=S. The van der Waals surface area contributed by atoms with Gasteiger partial charge in [-0.15, -0.1) is 0 Å². The number of nitrogens with two attached hydrogens (primary N) is 1. The second kappa shape index (κ2) is 6.81. The lowest BCUT2D eigenvalue weighted by Gasteiger charge is -2.25. The molecule has 108 valence electrons. The molecule has 20 heavy (non-hydrogen) atoms. The molecule has 0 radical (unpaired) electrons. The number of nitrogens with zero attached hydrogens (tertiary/aromatic N) is 1. The fourth-order valence-corrected chi connectivity index (χ4v) is 2.58. The molecule has 1 saturated heterocycles. The van der Waals surface area contributed by atoms with E-state index in [1.807, 2.05) is 24.3 Å². The molecule has 1 amide bonds. The van der Waals surface area contributed by atoms with Crippen LogP contribution < -0.4 is 10.6 Å². The second-order valence-corrected chi connectivity index (χ2v) is 5.47. The molecule has 0 spiro atoms. The number of carbonyl (C=O) groups excluding carboxylic acids is 1. The van der Waals surface area contributed by atoms with Gasteiger partial charge in [-0.3, -0.25) is 4.79 Å². The molecule has 0 bridgehead atoms. The number of anilines is 1. The Morgan fingerprint density at radius 3 is 2.85 bits per heavy atom. The highest BCUT2D eigenvalue weighted by Gasteiger charge is 2.22. The van der Waals surface area contributed by atoms with Gasteiger partial charge in [-0.25, -0.2) is 0 Å². The largest absolute Gasteiger partial charge is 0.389 e. The molecule has 1 aliphatic rings. The number of rotatable bonds is 4. The van der Waals surface area contributed by atoms with E-state index in [0.29, 0.717) is 11.4 Å². The molecular formula is C15H20N2O2S. The predicted octanol–water partition coefficient (Wildman–Crippen LogP) is 2.24. The number of thiocarbonyl (C=S) groups is 1. The number of benzene rings is 1. The summed E-state index contributed by atoms with van der Waals surface area (Å²) in [5.74, 6) is 0.0283. The zero-order valence-electron chi connectivity index (χ0n) is 11.7. The van der Waals surface area contributed by atoms with Crippen LogP contribution in [0.2, 0.25) is 0 Å². The smallest absolute Gasteiger partial charge is 0.229 e. The molecule has 0 aliphatic carbocycles. The topological polar surface area (TPSA) is 55.6 Å². The number of amides is 1. The maximum Gasteiger partial charge on any atom is 0.229 e. The molecule has 2 rings (SSSR count). The molecule has 1 aromatic carbocycles. The molecule has 1 atom stereocenters. The van der Waals surface area contributed by atoms with Crippen molar-refractivity contribution < 1.29 is 9.53 Å². The quantitative estimate of drug-likeness (QED) is 0.865. The van der Waals surface area contributed by atoms with Crippen LogP contribution in [0.4, 0.5) is 5.69 Å². The highest BCUT2D eigenvalue weighted by molar-refractivity contribution is 7.80. The van der Waals surface area contributed by atoms with Gasteiger partial charge in [0, 0.05) is 19.2 Å². The lowest BCUT2D eigenvalue weighted by molar-refractivity contribution is -0.122. The lowest BCUT2D eigenvalue weighted by atomic mass is 10.1. The Balaban J connectivity index is 2.08. The third-order valence-electron chi connectivity index (χ3n) is 3.58. The summed E-state index contributed by atoms with van der Waals surface area (Å²) in [6.07, 6.45) is 3.62. The van der Waals surface area contributed by atoms with Gasteiger partial charge < -0.3 is 15.4 Å². The number of hydrogen-bond acceptors (Lipinski definition) is 3. The van der Waals surface area contributed by atoms with Gasteiger partial charge >= 0.3 is 0 Å². The van der Waals surface area contributed by atoms with Crippen molar-refractivity contribution in [1.29, 1.82) is 0 Å². The number of ether oxygens (including phenoxy) is 1. The van der Waals surface area contributed by atoms with Gasteiger partial charge in [0.2, 0.25) is 5.91 Å². The Morgan fingerprint density at radius 2 is 2.20 bits per heavy atom. The minimum Gasteiger partial charge on any atom is -0.389 e. The van der Waals surface area contributed by atoms with Crippen molar-refractivity contribution in [3.05, 3.63) is 29.8 Å². The summed E-state index contributed by atoms with van der Waals surface area (Å²) in [6, 6.07) is 7.42. The van der Waals surface area contributed by atoms with Crippen LogP contribution in [0.5, 0.6) is 0 Å². The predicted molar refractivity (Wildman–Crippen MR) is 83.9 cm³/mol. The van der Waals surface area contributed by atoms with Gasteiger partial charge in [-0.05, 0) is 31.4 Å². The normalized spacial score (nSPS) is 18.6. The fourth-order valence-electron chi connectivity index (χ4n) is 2.41. The van der Waals surface area contributed by atoms with E-state index in [9.17, 15) is 4.79 Å². The molecule has 1 fully saturated rings. The highest BCUT2D eigenvalue weighted by Crippen LogP contribution is 2.22. The Labute approximate surface area is 124 Å². The van der Waals surface area contributed by atoms with Gasteiger partial charge in [0.1, 0.15) is 4.99 Å². The van der Waals surface area contributed by atoms with Crippen LogP contribution in [-0.4, -0.2) is 30.7 Å². The summed E-state index contributed by atoms with van der Waals surface area (Å²) < 4.78 is 5.61. The first-order valence-electron chi connectivity index (χ1n) is 6.86. The Bertz CT molecular complexity index is 498. The van der Waals surface area contributed by atoms with Crippen LogP contribution in [0, 0.1) is 0 Å². The third kappa shape index (κ3) is 3.55. The maximum atomic E-state index is 12.3.